The summed E-state index contributed by atoms with van der Waals surface area (Å²) in [6.45, 7) is 0. The first kappa shape index (κ1) is 17.0. The Morgan fingerprint density at radius 1 is 1.29 bits per heavy atom. The molecular formula is C18H15BrN2O2S. The summed E-state index contributed by atoms with van der Waals surface area (Å²) in [5.41, 5.74) is 4.53. The molecule has 4 nitrogen and oxygen atoms in total. The molecule has 0 fully saturated rings. The van der Waals surface area contributed by atoms with E-state index in [0.29, 0.717) is 10.6 Å². The fraction of sp³-hybridized carbons (Fsp3) is 0.278. The topological polar surface area (TPSA) is 74.0 Å². The van der Waals surface area contributed by atoms with Crippen molar-refractivity contribution in [2.75, 3.05) is 5.75 Å². The number of halogens is 1. The Labute approximate surface area is 153 Å². The second kappa shape index (κ2) is 7.37. The van der Waals surface area contributed by atoms with Gasteiger partial charge in [-0.15, -0.1) is 0 Å². The molecular weight excluding hydrogens is 388 g/mol. The molecule has 2 aromatic rings. The monoisotopic (exact) mass is 402 g/mol. The summed E-state index contributed by atoms with van der Waals surface area (Å²) in [5.74, 6) is -1.01. The van der Waals surface area contributed by atoms with Crippen molar-refractivity contribution in [2.45, 2.75) is 30.7 Å². The number of aryl methyl sites for hydroxylation is 1. The van der Waals surface area contributed by atoms with E-state index in [9.17, 15) is 10.1 Å². The minimum atomic E-state index is -0.909. The van der Waals surface area contributed by atoms with Gasteiger partial charge in [0.05, 0.1) is 11.3 Å². The second-order valence-electron chi connectivity index (χ2n) is 5.60. The molecule has 122 valence electrons. The molecule has 0 unspecified atom stereocenters. The zero-order valence-corrected chi connectivity index (χ0v) is 15.3. The lowest BCUT2D eigenvalue weighted by molar-refractivity contribution is -0.133. The fourth-order valence-corrected chi connectivity index (χ4v) is 3.98. The predicted molar refractivity (Wildman–Crippen MR) is 97.1 cm³/mol. The molecule has 0 atom stereocenters. The van der Waals surface area contributed by atoms with Crippen LogP contribution in [0.3, 0.4) is 0 Å². The lowest BCUT2D eigenvalue weighted by Gasteiger charge is -2.21. The van der Waals surface area contributed by atoms with Crippen LogP contribution in [0.2, 0.25) is 0 Å². The lowest BCUT2D eigenvalue weighted by Crippen LogP contribution is -2.11. The number of carboxylic acid groups (broad SMARTS) is 1. The first-order valence-electron chi connectivity index (χ1n) is 7.66. The van der Waals surface area contributed by atoms with E-state index in [4.69, 9.17) is 5.11 Å². The van der Waals surface area contributed by atoms with E-state index < -0.39 is 5.97 Å². The summed E-state index contributed by atoms with van der Waals surface area (Å²) in [5, 5.41) is 19.2. The van der Waals surface area contributed by atoms with Gasteiger partial charge in [-0.3, -0.25) is 4.79 Å². The Morgan fingerprint density at radius 2 is 2.00 bits per heavy atom. The number of fused-ring (bicyclic) bond motifs is 1. The molecule has 1 aromatic heterocycles. The molecule has 3 rings (SSSR count). The minimum absolute atomic E-state index is 0.0970. The molecule has 24 heavy (non-hydrogen) atoms. The Bertz CT molecular complexity index is 828. The van der Waals surface area contributed by atoms with Crippen LogP contribution in [0, 0.1) is 11.3 Å². The van der Waals surface area contributed by atoms with Crippen LogP contribution in [0.1, 0.15) is 29.7 Å². The van der Waals surface area contributed by atoms with Gasteiger partial charge in [0.2, 0.25) is 0 Å². The average Bonchev–Trinajstić information content (AvgIpc) is 2.59. The van der Waals surface area contributed by atoms with Gasteiger partial charge in [-0.05, 0) is 48.9 Å². The quantitative estimate of drug-likeness (QED) is 0.765. The van der Waals surface area contributed by atoms with E-state index in [1.165, 1.54) is 0 Å². The summed E-state index contributed by atoms with van der Waals surface area (Å²) in [4.78, 5) is 15.5. The number of rotatable bonds is 4. The van der Waals surface area contributed by atoms with Crippen LogP contribution < -0.4 is 0 Å². The Hall–Kier alpha value is -1.84. The molecule has 1 aliphatic carbocycles. The Morgan fingerprint density at radius 3 is 2.67 bits per heavy atom. The van der Waals surface area contributed by atoms with E-state index in [1.54, 1.807) is 0 Å². The normalized spacial score (nSPS) is 13.2. The van der Waals surface area contributed by atoms with E-state index >= 15 is 0 Å². The van der Waals surface area contributed by atoms with Crippen molar-refractivity contribution in [1.82, 2.24) is 4.98 Å². The number of aliphatic carboxylic acids is 1. The van der Waals surface area contributed by atoms with Gasteiger partial charge in [0.15, 0.2) is 0 Å². The Balaban J connectivity index is 2.20. The second-order valence-corrected chi connectivity index (χ2v) is 7.48. The molecule has 0 aliphatic heterocycles. The van der Waals surface area contributed by atoms with Crippen LogP contribution in [0.4, 0.5) is 0 Å². The molecule has 0 saturated carbocycles. The number of hydrogen-bond acceptors (Lipinski definition) is 4. The highest BCUT2D eigenvalue weighted by molar-refractivity contribution is 9.10. The van der Waals surface area contributed by atoms with Crippen molar-refractivity contribution in [3.63, 3.8) is 0 Å². The summed E-state index contributed by atoms with van der Waals surface area (Å²) in [6.07, 6.45) is 3.96. The van der Waals surface area contributed by atoms with Gasteiger partial charge >= 0.3 is 5.97 Å². The van der Waals surface area contributed by atoms with Crippen molar-refractivity contribution in [3.8, 4) is 17.2 Å². The number of carbonyl (C=O) groups is 1. The maximum Gasteiger partial charge on any atom is 0.313 e. The molecule has 1 aliphatic rings. The zero-order valence-electron chi connectivity index (χ0n) is 12.9. The number of carboxylic acids is 1. The van der Waals surface area contributed by atoms with Crippen LogP contribution in [0.15, 0.2) is 33.8 Å². The fourth-order valence-electron chi connectivity index (χ4n) is 2.99. The van der Waals surface area contributed by atoms with Gasteiger partial charge in [-0.25, -0.2) is 4.98 Å². The molecule has 0 radical (unpaired) electrons. The summed E-state index contributed by atoms with van der Waals surface area (Å²) >= 11 is 4.56. The molecule has 0 saturated heterocycles. The zero-order chi connectivity index (χ0) is 17.1. The number of pyridine rings is 1. The van der Waals surface area contributed by atoms with Crippen molar-refractivity contribution in [2.24, 2.45) is 0 Å². The van der Waals surface area contributed by atoms with Crippen LogP contribution in [0.5, 0.6) is 0 Å². The van der Waals surface area contributed by atoms with Crippen LogP contribution in [-0.4, -0.2) is 21.8 Å². The molecule has 0 amide bonds. The maximum atomic E-state index is 10.9. The largest absolute Gasteiger partial charge is 0.481 e. The molecule has 1 heterocycles. The third-order valence-corrected chi connectivity index (χ3v) is 5.51. The van der Waals surface area contributed by atoms with E-state index in [-0.39, 0.29) is 5.75 Å². The van der Waals surface area contributed by atoms with Gasteiger partial charge < -0.3 is 5.11 Å². The van der Waals surface area contributed by atoms with E-state index in [1.807, 2.05) is 24.3 Å². The van der Waals surface area contributed by atoms with Crippen LogP contribution >= 0.6 is 27.7 Å². The first-order chi connectivity index (χ1) is 11.6. The van der Waals surface area contributed by atoms with Crippen molar-refractivity contribution < 1.29 is 9.90 Å². The van der Waals surface area contributed by atoms with Crippen molar-refractivity contribution in [1.29, 1.82) is 5.26 Å². The maximum absolute atomic E-state index is 10.9. The molecule has 0 bridgehead atoms. The molecule has 0 spiro atoms. The third kappa shape index (κ3) is 3.47. The summed E-state index contributed by atoms with van der Waals surface area (Å²) < 4.78 is 0.980. The SMILES string of the molecule is N#Cc1c(SCC(=O)O)nc2c(c1-c1ccc(Br)cc1)CCCC2. The van der Waals surface area contributed by atoms with Crippen LogP contribution in [-0.2, 0) is 17.6 Å². The van der Waals surface area contributed by atoms with Gasteiger partial charge in [-0.2, -0.15) is 5.26 Å². The van der Waals surface area contributed by atoms with E-state index in [0.717, 1.165) is 64.3 Å². The number of benzene rings is 1. The summed E-state index contributed by atoms with van der Waals surface area (Å²) in [7, 11) is 0. The lowest BCUT2D eigenvalue weighted by atomic mass is 9.87. The minimum Gasteiger partial charge on any atom is -0.481 e. The van der Waals surface area contributed by atoms with Gasteiger partial charge in [0.25, 0.3) is 0 Å². The summed E-state index contributed by atoms with van der Waals surface area (Å²) in [6, 6.07) is 10.1. The third-order valence-electron chi connectivity index (χ3n) is 4.02. The number of thioether (sulfide) groups is 1. The van der Waals surface area contributed by atoms with Crippen molar-refractivity contribution in [3.05, 3.63) is 45.6 Å². The number of nitrogens with zero attached hydrogens (tertiary/aromatic N) is 2. The van der Waals surface area contributed by atoms with Gasteiger partial charge in [0.1, 0.15) is 11.1 Å². The highest BCUT2D eigenvalue weighted by atomic mass is 79.9. The molecule has 1 aromatic carbocycles. The van der Waals surface area contributed by atoms with E-state index in [2.05, 4.69) is 27.0 Å². The molecule has 1 N–H and O–H groups in total. The number of hydrogen-bond donors (Lipinski definition) is 1. The average molecular weight is 403 g/mol. The molecule has 6 heteroatoms. The van der Waals surface area contributed by atoms with Gasteiger partial charge in [-0.1, -0.05) is 39.8 Å². The number of aromatic nitrogens is 1. The highest BCUT2D eigenvalue weighted by Crippen LogP contribution is 2.38. The van der Waals surface area contributed by atoms with Crippen molar-refractivity contribution >= 4 is 33.7 Å². The van der Waals surface area contributed by atoms with Gasteiger partial charge in [0, 0.05) is 15.7 Å². The highest BCUT2D eigenvalue weighted by Gasteiger charge is 2.23. The Kier molecular flexibility index (Phi) is 5.22. The smallest absolute Gasteiger partial charge is 0.313 e. The predicted octanol–water partition coefficient (Wildman–Crippen LogP) is 4.44. The standard InChI is InChI=1S/C18H15BrN2O2S/c19-12-7-5-11(6-8-12)17-13-3-1-2-4-15(13)21-18(14(17)9-20)24-10-16(22)23/h5-8H,1-4,10H2,(H,22,23). The number of nitriles is 1. The first-order valence-corrected chi connectivity index (χ1v) is 9.44. The van der Waals surface area contributed by atoms with Crippen LogP contribution in [0.25, 0.3) is 11.1 Å².